The van der Waals surface area contributed by atoms with E-state index in [1.54, 1.807) is 24.5 Å². The molecule has 0 unspecified atom stereocenters. The maximum Gasteiger partial charge on any atom is 0.336 e. The van der Waals surface area contributed by atoms with Crippen molar-refractivity contribution in [3.8, 4) is 0 Å². The van der Waals surface area contributed by atoms with Gasteiger partial charge in [-0.05, 0) is 24.3 Å². The Morgan fingerprint density at radius 2 is 1.94 bits per heavy atom. The summed E-state index contributed by atoms with van der Waals surface area (Å²) < 4.78 is 13.6. The molecule has 0 atom stereocenters. The number of hydrogen-bond donors (Lipinski definition) is 1. The van der Waals surface area contributed by atoms with Crippen LogP contribution in [-0.2, 0) is 0 Å². The topological polar surface area (TPSA) is 50.2 Å². The average molecular weight is 249 g/mol. The van der Waals surface area contributed by atoms with Crippen molar-refractivity contribution in [3.63, 3.8) is 0 Å². The molecule has 17 heavy (non-hydrogen) atoms. The number of hydrogen-bond acceptors (Lipinski definition) is 3. The third-order valence-electron chi connectivity index (χ3n) is 2.07. The molecule has 2 rings (SSSR count). The molecular formula is C12H8FNO2S. The van der Waals surface area contributed by atoms with E-state index in [9.17, 15) is 9.18 Å². The SMILES string of the molecule is O=C(O)c1cccc(F)c1Sc1ccncc1. The number of benzene rings is 1. The van der Waals surface area contributed by atoms with E-state index in [2.05, 4.69) is 4.98 Å². The summed E-state index contributed by atoms with van der Waals surface area (Å²) in [6.45, 7) is 0. The van der Waals surface area contributed by atoms with E-state index in [0.717, 1.165) is 16.7 Å². The number of carbonyl (C=O) groups is 1. The largest absolute Gasteiger partial charge is 0.478 e. The maximum atomic E-state index is 13.6. The molecule has 0 aliphatic rings. The van der Waals surface area contributed by atoms with Crippen molar-refractivity contribution in [2.24, 2.45) is 0 Å². The van der Waals surface area contributed by atoms with E-state index >= 15 is 0 Å². The van der Waals surface area contributed by atoms with Crippen LogP contribution in [0.15, 0.2) is 52.5 Å². The summed E-state index contributed by atoms with van der Waals surface area (Å²) in [6, 6.07) is 7.41. The summed E-state index contributed by atoms with van der Waals surface area (Å²) in [4.78, 5) is 15.7. The van der Waals surface area contributed by atoms with Gasteiger partial charge in [0.15, 0.2) is 0 Å². The molecule has 5 heteroatoms. The first-order valence-electron chi connectivity index (χ1n) is 4.78. The highest BCUT2D eigenvalue weighted by atomic mass is 32.2. The zero-order valence-electron chi connectivity index (χ0n) is 8.63. The van der Waals surface area contributed by atoms with Crippen molar-refractivity contribution in [2.45, 2.75) is 9.79 Å². The number of halogens is 1. The predicted octanol–water partition coefficient (Wildman–Crippen LogP) is 3.07. The van der Waals surface area contributed by atoms with Gasteiger partial charge in [0, 0.05) is 17.3 Å². The van der Waals surface area contributed by atoms with Gasteiger partial charge in [0.25, 0.3) is 0 Å². The average Bonchev–Trinajstić information content (AvgIpc) is 2.33. The molecule has 0 fully saturated rings. The molecule has 0 saturated carbocycles. The quantitative estimate of drug-likeness (QED) is 0.908. The second-order valence-electron chi connectivity index (χ2n) is 3.21. The van der Waals surface area contributed by atoms with Gasteiger partial charge in [-0.15, -0.1) is 0 Å². The van der Waals surface area contributed by atoms with Gasteiger partial charge in [-0.25, -0.2) is 9.18 Å². The summed E-state index contributed by atoms with van der Waals surface area (Å²) in [5.74, 6) is -1.67. The van der Waals surface area contributed by atoms with Crippen LogP contribution in [0.2, 0.25) is 0 Å². The van der Waals surface area contributed by atoms with E-state index in [1.807, 2.05) is 0 Å². The Kier molecular flexibility index (Phi) is 3.39. The van der Waals surface area contributed by atoms with Crippen LogP contribution in [0, 0.1) is 5.82 Å². The van der Waals surface area contributed by atoms with Crippen LogP contribution in [-0.4, -0.2) is 16.1 Å². The van der Waals surface area contributed by atoms with Crippen molar-refractivity contribution >= 4 is 17.7 Å². The lowest BCUT2D eigenvalue weighted by Crippen LogP contribution is -2.00. The summed E-state index contributed by atoms with van der Waals surface area (Å²) in [5, 5.41) is 8.98. The molecule has 0 spiro atoms. The first-order chi connectivity index (χ1) is 8.18. The fourth-order valence-corrected chi connectivity index (χ4v) is 2.23. The lowest BCUT2D eigenvalue weighted by atomic mass is 10.2. The fraction of sp³-hybridized carbons (Fsp3) is 0. The fourth-order valence-electron chi connectivity index (χ4n) is 1.31. The van der Waals surface area contributed by atoms with Crippen LogP contribution < -0.4 is 0 Å². The lowest BCUT2D eigenvalue weighted by molar-refractivity contribution is 0.0692. The third-order valence-corrected chi connectivity index (χ3v) is 3.19. The van der Waals surface area contributed by atoms with Gasteiger partial charge in [0.2, 0.25) is 0 Å². The van der Waals surface area contributed by atoms with Crippen LogP contribution in [0.4, 0.5) is 4.39 Å². The molecular weight excluding hydrogens is 241 g/mol. The minimum atomic E-state index is -1.14. The Hall–Kier alpha value is -1.88. The monoisotopic (exact) mass is 249 g/mol. The molecule has 1 heterocycles. The molecule has 1 aromatic carbocycles. The van der Waals surface area contributed by atoms with E-state index in [4.69, 9.17) is 5.11 Å². The molecule has 0 aliphatic heterocycles. The molecule has 1 N–H and O–H groups in total. The zero-order valence-corrected chi connectivity index (χ0v) is 9.45. The van der Waals surface area contributed by atoms with Gasteiger partial charge in [0.05, 0.1) is 10.5 Å². The van der Waals surface area contributed by atoms with Crippen LogP contribution in [0.25, 0.3) is 0 Å². The van der Waals surface area contributed by atoms with Gasteiger partial charge in [-0.1, -0.05) is 17.8 Å². The number of aromatic nitrogens is 1. The minimum Gasteiger partial charge on any atom is -0.478 e. The van der Waals surface area contributed by atoms with Gasteiger partial charge in [-0.3, -0.25) is 4.98 Å². The third kappa shape index (κ3) is 2.62. The molecule has 0 radical (unpaired) electrons. The second kappa shape index (κ2) is 4.97. The molecule has 0 bridgehead atoms. The summed E-state index contributed by atoms with van der Waals surface area (Å²) in [5.41, 5.74) is -0.0354. The minimum absolute atomic E-state index is 0.0354. The zero-order chi connectivity index (χ0) is 12.3. The number of aromatic carboxylic acids is 1. The molecule has 0 aliphatic carbocycles. The molecule has 0 amide bonds. The number of rotatable bonds is 3. The van der Waals surface area contributed by atoms with E-state index in [-0.39, 0.29) is 10.5 Å². The Morgan fingerprint density at radius 3 is 2.59 bits per heavy atom. The van der Waals surface area contributed by atoms with E-state index in [0.29, 0.717) is 0 Å². The number of nitrogens with zero attached hydrogens (tertiary/aromatic N) is 1. The normalized spacial score (nSPS) is 10.2. The predicted molar refractivity (Wildman–Crippen MR) is 61.7 cm³/mol. The highest BCUT2D eigenvalue weighted by molar-refractivity contribution is 7.99. The van der Waals surface area contributed by atoms with Crippen LogP contribution >= 0.6 is 11.8 Å². The smallest absolute Gasteiger partial charge is 0.336 e. The Labute approximate surface area is 101 Å². The molecule has 86 valence electrons. The highest BCUT2D eigenvalue weighted by Crippen LogP contribution is 2.32. The number of carboxylic acid groups (broad SMARTS) is 1. The summed E-state index contributed by atoms with van der Waals surface area (Å²) in [7, 11) is 0. The van der Waals surface area contributed by atoms with Gasteiger partial charge >= 0.3 is 5.97 Å². The van der Waals surface area contributed by atoms with Crippen LogP contribution in [0.1, 0.15) is 10.4 Å². The molecule has 3 nitrogen and oxygen atoms in total. The first kappa shape index (κ1) is 11.6. The summed E-state index contributed by atoms with van der Waals surface area (Å²) in [6.07, 6.45) is 3.15. The Bertz CT molecular complexity index is 545. The number of pyridine rings is 1. The Morgan fingerprint density at radius 1 is 1.24 bits per heavy atom. The summed E-state index contributed by atoms with van der Waals surface area (Å²) >= 11 is 1.07. The maximum absolute atomic E-state index is 13.6. The molecule has 2 aromatic rings. The highest BCUT2D eigenvalue weighted by Gasteiger charge is 2.15. The Balaban J connectivity index is 2.41. The van der Waals surface area contributed by atoms with Gasteiger partial charge in [-0.2, -0.15) is 0 Å². The first-order valence-corrected chi connectivity index (χ1v) is 5.60. The van der Waals surface area contributed by atoms with Crippen molar-refractivity contribution in [1.82, 2.24) is 4.98 Å². The van der Waals surface area contributed by atoms with Gasteiger partial charge in [0.1, 0.15) is 5.82 Å². The van der Waals surface area contributed by atoms with E-state index < -0.39 is 11.8 Å². The molecule has 1 aromatic heterocycles. The van der Waals surface area contributed by atoms with Gasteiger partial charge < -0.3 is 5.11 Å². The lowest BCUT2D eigenvalue weighted by Gasteiger charge is -2.06. The van der Waals surface area contributed by atoms with Crippen molar-refractivity contribution in [3.05, 3.63) is 54.1 Å². The standard InChI is InChI=1S/C12H8FNO2S/c13-10-3-1-2-9(12(15)16)11(10)17-8-4-6-14-7-5-8/h1-7H,(H,15,16). The molecule has 0 saturated heterocycles. The number of carboxylic acids is 1. The van der Waals surface area contributed by atoms with Crippen molar-refractivity contribution in [1.29, 1.82) is 0 Å². The van der Waals surface area contributed by atoms with Crippen LogP contribution in [0.3, 0.4) is 0 Å². The van der Waals surface area contributed by atoms with Crippen molar-refractivity contribution in [2.75, 3.05) is 0 Å². The van der Waals surface area contributed by atoms with Crippen LogP contribution in [0.5, 0.6) is 0 Å². The second-order valence-corrected chi connectivity index (χ2v) is 4.29. The van der Waals surface area contributed by atoms with E-state index in [1.165, 1.54) is 18.2 Å². The van der Waals surface area contributed by atoms with Crippen molar-refractivity contribution < 1.29 is 14.3 Å².